The van der Waals surface area contributed by atoms with Crippen LogP contribution in [0.1, 0.15) is 13.8 Å². The average Bonchev–Trinajstić information content (AvgIpc) is 2.92. The maximum atomic E-state index is 12.3. The minimum atomic E-state index is -3.67. The van der Waals surface area contributed by atoms with E-state index in [1.54, 1.807) is 44.2 Å². The zero-order valence-corrected chi connectivity index (χ0v) is 14.8. The van der Waals surface area contributed by atoms with Crippen LogP contribution in [0.5, 0.6) is 0 Å². The minimum absolute atomic E-state index is 0.258. The molecule has 1 heterocycles. The molecule has 0 N–H and O–H groups in total. The van der Waals surface area contributed by atoms with Gasteiger partial charge < -0.3 is 13.9 Å². The maximum absolute atomic E-state index is 12.3. The Bertz CT molecular complexity index is 936. The zero-order valence-electron chi connectivity index (χ0n) is 12.4. The van der Waals surface area contributed by atoms with Gasteiger partial charge in [0, 0.05) is 18.2 Å². The SMILES string of the molecule is CC(C)P(=O)([O-])c1ccc2oc(-c3ccc(Cl)c(Cl)c3)nc2c1. The van der Waals surface area contributed by atoms with E-state index < -0.39 is 13.0 Å². The molecule has 120 valence electrons. The molecule has 7 heteroatoms. The molecule has 4 nitrogen and oxygen atoms in total. The summed E-state index contributed by atoms with van der Waals surface area (Å²) in [5, 5.41) is 1.10. The Morgan fingerprint density at radius 3 is 2.52 bits per heavy atom. The van der Waals surface area contributed by atoms with Gasteiger partial charge in [0.1, 0.15) is 5.52 Å². The van der Waals surface area contributed by atoms with Gasteiger partial charge in [0.2, 0.25) is 5.89 Å². The fraction of sp³-hybridized carbons (Fsp3) is 0.188. The number of halogens is 2. The number of benzene rings is 2. The number of fused-ring (bicyclic) bond motifs is 1. The van der Waals surface area contributed by atoms with Crippen LogP contribution in [0.15, 0.2) is 40.8 Å². The summed E-state index contributed by atoms with van der Waals surface area (Å²) in [4.78, 5) is 16.6. The molecular formula is C16H13Cl2NO3P-. The van der Waals surface area contributed by atoms with E-state index in [-0.39, 0.29) is 5.30 Å². The molecule has 1 atom stereocenters. The van der Waals surface area contributed by atoms with Gasteiger partial charge in [-0.05, 0) is 42.1 Å². The average molecular weight is 369 g/mol. The van der Waals surface area contributed by atoms with Crippen molar-refractivity contribution >= 4 is 47.0 Å². The van der Waals surface area contributed by atoms with Crippen LogP contribution in [-0.4, -0.2) is 10.6 Å². The van der Waals surface area contributed by atoms with E-state index in [1.165, 1.54) is 6.07 Å². The molecule has 0 radical (unpaired) electrons. The van der Waals surface area contributed by atoms with Gasteiger partial charge in [0.25, 0.3) is 0 Å². The lowest BCUT2D eigenvalue weighted by Crippen LogP contribution is -2.21. The lowest BCUT2D eigenvalue weighted by Gasteiger charge is -2.27. The highest BCUT2D eigenvalue weighted by Gasteiger charge is 2.18. The third kappa shape index (κ3) is 3.05. The van der Waals surface area contributed by atoms with Gasteiger partial charge >= 0.3 is 0 Å². The highest BCUT2D eigenvalue weighted by molar-refractivity contribution is 7.65. The minimum Gasteiger partial charge on any atom is -0.796 e. The van der Waals surface area contributed by atoms with Gasteiger partial charge in [-0.1, -0.05) is 37.0 Å². The van der Waals surface area contributed by atoms with Crippen molar-refractivity contribution in [2.24, 2.45) is 0 Å². The highest BCUT2D eigenvalue weighted by atomic mass is 35.5. The molecular weight excluding hydrogens is 356 g/mol. The van der Waals surface area contributed by atoms with E-state index >= 15 is 0 Å². The second-order valence-corrected chi connectivity index (χ2v) is 9.05. The largest absolute Gasteiger partial charge is 0.796 e. The van der Waals surface area contributed by atoms with E-state index in [4.69, 9.17) is 27.6 Å². The Balaban J connectivity index is 2.09. The standard InChI is InChI=1S/C16H14Cl2NO3P/c1-9(2)23(20,21)11-4-6-15-14(8-11)19-16(22-15)10-3-5-12(17)13(18)7-10/h3-9H,1-2H3,(H,20,21)/p-1. The molecule has 0 bridgehead atoms. The lowest BCUT2D eigenvalue weighted by atomic mass is 10.2. The van der Waals surface area contributed by atoms with Crippen LogP contribution < -0.4 is 10.2 Å². The van der Waals surface area contributed by atoms with Crippen molar-refractivity contribution in [3.8, 4) is 11.5 Å². The third-order valence-electron chi connectivity index (χ3n) is 3.58. The van der Waals surface area contributed by atoms with Crippen molar-refractivity contribution in [1.82, 2.24) is 4.98 Å². The van der Waals surface area contributed by atoms with Crippen LogP contribution in [0.25, 0.3) is 22.6 Å². The molecule has 0 amide bonds. The van der Waals surface area contributed by atoms with Crippen LogP contribution in [-0.2, 0) is 4.57 Å². The summed E-state index contributed by atoms with van der Waals surface area (Å²) < 4.78 is 17.9. The van der Waals surface area contributed by atoms with Crippen molar-refractivity contribution in [3.05, 3.63) is 46.4 Å². The summed E-state index contributed by atoms with van der Waals surface area (Å²) >= 11 is 11.9. The molecule has 23 heavy (non-hydrogen) atoms. The first-order valence-corrected chi connectivity index (χ1v) is 9.41. The lowest BCUT2D eigenvalue weighted by molar-refractivity contribution is -0.172. The van der Waals surface area contributed by atoms with Gasteiger partial charge in [0.15, 0.2) is 5.58 Å². The zero-order chi connectivity index (χ0) is 16.8. The molecule has 0 aliphatic rings. The molecule has 1 unspecified atom stereocenters. The van der Waals surface area contributed by atoms with Crippen LogP contribution in [0, 0.1) is 0 Å². The van der Waals surface area contributed by atoms with E-state index in [9.17, 15) is 9.46 Å². The number of rotatable bonds is 3. The van der Waals surface area contributed by atoms with Crippen LogP contribution in [0.3, 0.4) is 0 Å². The van der Waals surface area contributed by atoms with E-state index in [1.807, 2.05) is 0 Å². The molecule has 0 aliphatic carbocycles. The molecule has 2 aromatic carbocycles. The summed E-state index contributed by atoms with van der Waals surface area (Å²) in [6, 6.07) is 9.75. The first-order valence-electron chi connectivity index (χ1n) is 6.96. The van der Waals surface area contributed by atoms with Crippen LogP contribution in [0.2, 0.25) is 10.0 Å². The number of nitrogens with zero attached hydrogens (tertiary/aromatic N) is 1. The van der Waals surface area contributed by atoms with E-state index in [0.29, 0.717) is 32.6 Å². The second kappa shape index (κ2) is 5.95. The molecule has 0 fully saturated rings. The fourth-order valence-electron chi connectivity index (χ4n) is 2.16. The summed E-state index contributed by atoms with van der Waals surface area (Å²) in [7, 11) is -3.67. The molecule has 0 spiro atoms. The molecule has 3 aromatic rings. The molecule has 0 saturated heterocycles. The fourth-order valence-corrected chi connectivity index (χ4v) is 3.64. The van der Waals surface area contributed by atoms with Gasteiger partial charge in [-0.2, -0.15) is 0 Å². The molecule has 0 aliphatic heterocycles. The third-order valence-corrected chi connectivity index (χ3v) is 6.67. The Morgan fingerprint density at radius 2 is 1.87 bits per heavy atom. The summed E-state index contributed by atoms with van der Waals surface area (Å²) in [6.45, 7) is 3.31. The number of aromatic nitrogens is 1. The first kappa shape index (κ1) is 16.5. The quantitative estimate of drug-likeness (QED) is 0.639. The monoisotopic (exact) mass is 368 g/mol. The summed E-state index contributed by atoms with van der Waals surface area (Å²) in [6.07, 6.45) is 0. The van der Waals surface area contributed by atoms with Crippen molar-refractivity contribution < 1.29 is 13.9 Å². The van der Waals surface area contributed by atoms with Gasteiger partial charge in [-0.25, -0.2) is 4.98 Å². The Kier molecular flexibility index (Phi) is 4.28. The number of oxazole rings is 1. The van der Waals surface area contributed by atoms with E-state index in [2.05, 4.69) is 4.98 Å². The van der Waals surface area contributed by atoms with Crippen molar-refractivity contribution in [2.75, 3.05) is 0 Å². The van der Waals surface area contributed by atoms with Crippen molar-refractivity contribution in [2.45, 2.75) is 19.5 Å². The highest BCUT2D eigenvalue weighted by Crippen LogP contribution is 2.40. The van der Waals surface area contributed by atoms with Gasteiger partial charge in [-0.3, -0.25) is 0 Å². The Labute approximate surface area is 143 Å². The van der Waals surface area contributed by atoms with Crippen LogP contribution in [0.4, 0.5) is 0 Å². The normalized spacial score (nSPS) is 14.3. The topological polar surface area (TPSA) is 66.2 Å². The maximum Gasteiger partial charge on any atom is 0.227 e. The predicted octanol–water partition coefficient (Wildman–Crippen LogP) is 4.47. The Hall–Kier alpha value is -1.32. The van der Waals surface area contributed by atoms with Crippen molar-refractivity contribution in [3.63, 3.8) is 0 Å². The molecule has 3 rings (SSSR count). The molecule has 0 saturated carbocycles. The number of hydrogen-bond donors (Lipinski definition) is 0. The number of hydrogen-bond acceptors (Lipinski definition) is 4. The second-order valence-electron chi connectivity index (χ2n) is 5.49. The van der Waals surface area contributed by atoms with E-state index in [0.717, 1.165) is 0 Å². The Morgan fingerprint density at radius 1 is 1.13 bits per heavy atom. The van der Waals surface area contributed by atoms with Gasteiger partial charge in [-0.15, -0.1) is 0 Å². The smallest absolute Gasteiger partial charge is 0.227 e. The predicted molar refractivity (Wildman–Crippen MR) is 91.8 cm³/mol. The van der Waals surface area contributed by atoms with Gasteiger partial charge in [0.05, 0.1) is 10.0 Å². The van der Waals surface area contributed by atoms with Crippen LogP contribution >= 0.6 is 30.6 Å². The molecule has 1 aromatic heterocycles. The summed E-state index contributed by atoms with van der Waals surface area (Å²) in [5.41, 5.74) is 1.20. The summed E-state index contributed by atoms with van der Waals surface area (Å²) in [5.74, 6) is 0.362. The van der Waals surface area contributed by atoms with Crippen molar-refractivity contribution in [1.29, 1.82) is 0 Å². The first-order chi connectivity index (χ1) is 10.8.